The molecule has 3 heteroatoms. The molecule has 1 spiro atoms. The summed E-state index contributed by atoms with van der Waals surface area (Å²) in [6, 6.07) is 0. The van der Waals surface area contributed by atoms with Crippen molar-refractivity contribution in [2.24, 2.45) is 17.1 Å². The molecular weight excluding hydrogens is 166 g/mol. The second-order valence-corrected chi connectivity index (χ2v) is 4.29. The normalized spacial score (nSPS) is 40.8. The van der Waals surface area contributed by atoms with Crippen LogP contribution in [0.25, 0.3) is 0 Å². The van der Waals surface area contributed by atoms with Crippen LogP contribution >= 0.6 is 0 Å². The lowest BCUT2D eigenvalue weighted by Crippen LogP contribution is -2.48. The Morgan fingerprint density at radius 1 is 1.23 bits per heavy atom. The van der Waals surface area contributed by atoms with Crippen LogP contribution in [0.4, 0.5) is 0 Å². The molecule has 0 aromatic carbocycles. The van der Waals surface area contributed by atoms with Crippen molar-refractivity contribution >= 4 is 0 Å². The number of rotatable bonds is 1. The molecule has 0 aromatic heterocycles. The third-order valence-corrected chi connectivity index (χ3v) is 3.50. The first-order valence-electron chi connectivity index (χ1n) is 5.23. The van der Waals surface area contributed by atoms with E-state index < -0.39 is 0 Å². The van der Waals surface area contributed by atoms with Crippen LogP contribution in [0.1, 0.15) is 19.3 Å². The Kier molecular flexibility index (Phi) is 2.86. The van der Waals surface area contributed by atoms with Gasteiger partial charge in [0.05, 0.1) is 13.2 Å². The van der Waals surface area contributed by atoms with Crippen LogP contribution in [0.3, 0.4) is 0 Å². The minimum Gasteiger partial charge on any atom is -0.381 e. The predicted molar refractivity (Wildman–Crippen MR) is 50.5 cm³/mol. The molecule has 0 aliphatic carbocycles. The van der Waals surface area contributed by atoms with Crippen molar-refractivity contribution in [2.75, 3.05) is 33.0 Å². The van der Waals surface area contributed by atoms with Gasteiger partial charge < -0.3 is 15.2 Å². The molecule has 0 radical (unpaired) electrons. The summed E-state index contributed by atoms with van der Waals surface area (Å²) in [5.41, 5.74) is 6.05. The van der Waals surface area contributed by atoms with Crippen molar-refractivity contribution in [1.82, 2.24) is 0 Å². The van der Waals surface area contributed by atoms with E-state index in [2.05, 4.69) is 0 Å². The van der Waals surface area contributed by atoms with E-state index in [9.17, 15) is 0 Å². The Morgan fingerprint density at radius 2 is 2.00 bits per heavy atom. The molecule has 0 bridgehead atoms. The minimum absolute atomic E-state index is 0.255. The zero-order valence-electron chi connectivity index (χ0n) is 8.13. The fourth-order valence-corrected chi connectivity index (χ4v) is 2.60. The van der Waals surface area contributed by atoms with E-state index in [1.165, 1.54) is 12.8 Å². The maximum Gasteiger partial charge on any atom is 0.0547 e. The lowest BCUT2D eigenvalue weighted by molar-refractivity contribution is -0.121. The molecule has 2 heterocycles. The number of nitrogens with two attached hydrogens (primary N) is 1. The Bertz CT molecular complexity index is 158. The average molecular weight is 185 g/mol. The van der Waals surface area contributed by atoms with E-state index in [1.807, 2.05) is 0 Å². The monoisotopic (exact) mass is 185 g/mol. The number of ether oxygens (including phenoxy) is 2. The quantitative estimate of drug-likeness (QED) is 0.656. The highest BCUT2D eigenvalue weighted by atomic mass is 16.5. The summed E-state index contributed by atoms with van der Waals surface area (Å²) in [5.74, 6) is 0.613. The molecule has 2 atom stereocenters. The van der Waals surface area contributed by atoms with Gasteiger partial charge in [0, 0.05) is 18.6 Å². The molecule has 2 rings (SSSR count). The van der Waals surface area contributed by atoms with Crippen molar-refractivity contribution in [3.05, 3.63) is 0 Å². The molecule has 13 heavy (non-hydrogen) atoms. The highest BCUT2D eigenvalue weighted by Crippen LogP contribution is 2.40. The topological polar surface area (TPSA) is 44.5 Å². The molecule has 3 nitrogen and oxygen atoms in total. The first kappa shape index (κ1) is 9.44. The Morgan fingerprint density at radius 3 is 2.62 bits per heavy atom. The Labute approximate surface area is 79.6 Å². The molecule has 2 aliphatic rings. The van der Waals surface area contributed by atoms with Crippen LogP contribution in [0.2, 0.25) is 0 Å². The van der Waals surface area contributed by atoms with Crippen LogP contribution in [-0.2, 0) is 9.47 Å². The second-order valence-electron chi connectivity index (χ2n) is 4.29. The van der Waals surface area contributed by atoms with Gasteiger partial charge in [-0.25, -0.2) is 0 Å². The van der Waals surface area contributed by atoms with E-state index in [4.69, 9.17) is 15.2 Å². The highest BCUT2D eigenvalue weighted by molar-refractivity contribution is 4.91. The van der Waals surface area contributed by atoms with Gasteiger partial charge in [0.2, 0.25) is 0 Å². The molecule has 0 amide bonds. The lowest BCUT2D eigenvalue weighted by Gasteiger charge is -2.45. The largest absolute Gasteiger partial charge is 0.381 e. The second kappa shape index (κ2) is 3.95. The van der Waals surface area contributed by atoms with Crippen LogP contribution < -0.4 is 5.73 Å². The van der Waals surface area contributed by atoms with Gasteiger partial charge in [-0.1, -0.05) is 0 Å². The first-order chi connectivity index (χ1) is 6.37. The van der Waals surface area contributed by atoms with E-state index in [0.29, 0.717) is 5.92 Å². The van der Waals surface area contributed by atoms with Gasteiger partial charge in [-0.15, -0.1) is 0 Å². The molecule has 2 saturated heterocycles. The smallest absolute Gasteiger partial charge is 0.0547 e. The van der Waals surface area contributed by atoms with Crippen molar-refractivity contribution in [3.63, 3.8) is 0 Å². The Hall–Kier alpha value is -0.120. The molecule has 0 saturated carbocycles. The van der Waals surface area contributed by atoms with E-state index in [1.54, 1.807) is 0 Å². The molecule has 2 unspecified atom stereocenters. The summed E-state index contributed by atoms with van der Waals surface area (Å²) >= 11 is 0. The summed E-state index contributed by atoms with van der Waals surface area (Å²) in [6.07, 6.45) is 3.51. The predicted octanol–water partition coefficient (Wildman–Crippen LogP) is 0.778. The summed E-state index contributed by atoms with van der Waals surface area (Å²) in [5, 5.41) is 0. The maximum absolute atomic E-state index is 5.80. The van der Waals surface area contributed by atoms with Crippen molar-refractivity contribution in [3.8, 4) is 0 Å². The SMILES string of the molecule is NCC1CCOCC12CCCOC2. The van der Waals surface area contributed by atoms with E-state index >= 15 is 0 Å². The standard InChI is InChI=1S/C10H19NO2/c11-6-9-2-5-13-8-10(9)3-1-4-12-7-10/h9H,1-8,11H2. The van der Waals surface area contributed by atoms with Gasteiger partial charge in [-0.2, -0.15) is 0 Å². The molecular formula is C10H19NO2. The average Bonchev–Trinajstić information content (AvgIpc) is 2.20. The van der Waals surface area contributed by atoms with Crippen molar-refractivity contribution < 1.29 is 9.47 Å². The fourth-order valence-electron chi connectivity index (χ4n) is 2.60. The van der Waals surface area contributed by atoms with Crippen LogP contribution in [0, 0.1) is 11.3 Å². The Balaban J connectivity index is 2.06. The number of hydrogen-bond acceptors (Lipinski definition) is 3. The van der Waals surface area contributed by atoms with Gasteiger partial charge in [0.15, 0.2) is 0 Å². The van der Waals surface area contributed by atoms with Crippen LogP contribution in [0.15, 0.2) is 0 Å². The van der Waals surface area contributed by atoms with Gasteiger partial charge in [0.25, 0.3) is 0 Å². The first-order valence-corrected chi connectivity index (χ1v) is 5.23. The molecule has 2 N–H and O–H groups in total. The summed E-state index contributed by atoms with van der Waals surface area (Å²) in [7, 11) is 0. The molecule has 2 fully saturated rings. The van der Waals surface area contributed by atoms with Gasteiger partial charge >= 0.3 is 0 Å². The zero-order valence-corrected chi connectivity index (χ0v) is 8.13. The van der Waals surface area contributed by atoms with Crippen molar-refractivity contribution in [2.45, 2.75) is 19.3 Å². The van der Waals surface area contributed by atoms with Gasteiger partial charge in [-0.3, -0.25) is 0 Å². The van der Waals surface area contributed by atoms with Gasteiger partial charge in [0.1, 0.15) is 0 Å². The third kappa shape index (κ3) is 1.73. The lowest BCUT2D eigenvalue weighted by atomic mass is 9.70. The summed E-state index contributed by atoms with van der Waals surface area (Å²) in [6.45, 7) is 4.29. The minimum atomic E-state index is 0.255. The van der Waals surface area contributed by atoms with E-state index in [0.717, 1.165) is 39.4 Å². The van der Waals surface area contributed by atoms with E-state index in [-0.39, 0.29) is 5.41 Å². The van der Waals surface area contributed by atoms with Crippen LogP contribution in [0.5, 0.6) is 0 Å². The van der Waals surface area contributed by atoms with Crippen LogP contribution in [-0.4, -0.2) is 33.0 Å². The molecule has 76 valence electrons. The molecule has 0 aromatic rings. The third-order valence-electron chi connectivity index (χ3n) is 3.50. The fraction of sp³-hybridized carbons (Fsp3) is 1.00. The van der Waals surface area contributed by atoms with Crippen molar-refractivity contribution in [1.29, 1.82) is 0 Å². The molecule has 2 aliphatic heterocycles. The number of hydrogen-bond donors (Lipinski definition) is 1. The van der Waals surface area contributed by atoms with Gasteiger partial charge in [-0.05, 0) is 31.7 Å². The summed E-state index contributed by atoms with van der Waals surface area (Å²) < 4.78 is 11.1. The highest BCUT2D eigenvalue weighted by Gasteiger charge is 2.42. The zero-order chi connectivity index (χ0) is 9.15. The summed E-state index contributed by atoms with van der Waals surface area (Å²) in [4.78, 5) is 0. The maximum atomic E-state index is 5.80.